The highest BCUT2D eigenvalue weighted by Gasteiger charge is 2.15. The van der Waals surface area contributed by atoms with E-state index in [0.29, 0.717) is 0 Å². The predicted octanol–water partition coefficient (Wildman–Crippen LogP) is 6.06. The van der Waals surface area contributed by atoms with Gasteiger partial charge in [0.15, 0.2) is 0 Å². The van der Waals surface area contributed by atoms with Crippen molar-refractivity contribution in [1.29, 1.82) is 0 Å². The SMILES string of the molecule is Cc1ccc(C(Br)c2cc(C)c(C)cc2Cl)cc1C. The quantitative estimate of drug-likeness (QED) is 0.584. The Balaban J connectivity index is 2.46. The van der Waals surface area contributed by atoms with E-state index in [1.165, 1.54) is 27.8 Å². The fourth-order valence-corrected chi connectivity index (χ4v) is 3.22. The molecular formula is C17H18BrCl. The van der Waals surface area contributed by atoms with Crippen molar-refractivity contribution in [3.63, 3.8) is 0 Å². The van der Waals surface area contributed by atoms with Crippen molar-refractivity contribution in [2.24, 2.45) is 0 Å². The Morgan fingerprint density at radius 1 is 0.842 bits per heavy atom. The monoisotopic (exact) mass is 336 g/mol. The number of halogens is 2. The Bertz CT molecular complexity index is 617. The first-order valence-corrected chi connectivity index (χ1v) is 7.67. The molecule has 19 heavy (non-hydrogen) atoms. The lowest BCUT2D eigenvalue weighted by Gasteiger charge is -2.16. The third-order valence-corrected chi connectivity index (χ3v) is 5.06. The van der Waals surface area contributed by atoms with E-state index < -0.39 is 0 Å². The highest BCUT2D eigenvalue weighted by atomic mass is 79.9. The molecule has 0 saturated carbocycles. The Kier molecular flexibility index (Phi) is 4.37. The summed E-state index contributed by atoms with van der Waals surface area (Å²) in [5, 5.41) is 0.822. The molecule has 0 nitrogen and oxygen atoms in total. The van der Waals surface area contributed by atoms with Gasteiger partial charge < -0.3 is 0 Å². The first kappa shape index (κ1) is 14.6. The largest absolute Gasteiger partial charge is 0.0840 e. The summed E-state index contributed by atoms with van der Waals surface area (Å²) in [5.41, 5.74) is 7.50. The molecule has 0 bridgehead atoms. The number of hydrogen-bond acceptors (Lipinski definition) is 0. The number of alkyl halides is 1. The maximum Gasteiger partial charge on any atom is 0.0659 e. The van der Waals surface area contributed by atoms with E-state index >= 15 is 0 Å². The molecule has 0 spiro atoms. The lowest BCUT2D eigenvalue weighted by molar-refractivity contribution is 1.14. The highest BCUT2D eigenvalue weighted by Crippen LogP contribution is 2.37. The van der Waals surface area contributed by atoms with Crippen LogP contribution >= 0.6 is 27.5 Å². The number of benzene rings is 2. The van der Waals surface area contributed by atoms with E-state index in [-0.39, 0.29) is 4.83 Å². The van der Waals surface area contributed by atoms with Gasteiger partial charge in [-0.3, -0.25) is 0 Å². The highest BCUT2D eigenvalue weighted by molar-refractivity contribution is 9.09. The molecule has 2 heteroatoms. The summed E-state index contributed by atoms with van der Waals surface area (Å²) in [5.74, 6) is 0. The molecule has 0 aliphatic heterocycles. The molecule has 2 aromatic carbocycles. The van der Waals surface area contributed by atoms with Crippen LogP contribution in [0.4, 0.5) is 0 Å². The molecule has 0 N–H and O–H groups in total. The molecule has 0 saturated heterocycles. The summed E-state index contributed by atoms with van der Waals surface area (Å²) in [6, 6.07) is 10.8. The standard InChI is InChI=1S/C17H18BrCl/c1-10-5-6-14(7-11(10)2)17(18)15-8-12(3)13(4)9-16(15)19/h5-9,17H,1-4H3. The van der Waals surface area contributed by atoms with Crippen LogP contribution in [-0.4, -0.2) is 0 Å². The molecule has 2 aromatic rings. The second-order valence-electron chi connectivity index (χ2n) is 5.16. The number of hydrogen-bond donors (Lipinski definition) is 0. The van der Waals surface area contributed by atoms with E-state index in [1.807, 2.05) is 6.07 Å². The minimum atomic E-state index is 0.138. The summed E-state index contributed by atoms with van der Waals surface area (Å²) in [6.07, 6.45) is 0. The molecule has 0 fully saturated rings. The zero-order chi connectivity index (χ0) is 14.2. The third-order valence-electron chi connectivity index (χ3n) is 3.71. The molecule has 0 amide bonds. The van der Waals surface area contributed by atoms with Crippen LogP contribution in [0.25, 0.3) is 0 Å². The van der Waals surface area contributed by atoms with Crippen molar-refractivity contribution in [3.8, 4) is 0 Å². The molecule has 0 aromatic heterocycles. The normalized spacial score (nSPS) is 12.5. The van der Waals surface area contributed by atoms with Crippen molar-refractivity contribution in [1.82, 2.24) is 0 Å². The minimum absolute atomic E-state index is 0.138. The minimum Gasteiger partial charge on any atom is -0.0840 e. The van der Waals surface area contributed by atoms with Crippen LogP contribution in [0.5, 0.6) is 0 Å². The molecule has 0 heterocycles. The van der Waals surface area contributed by atoms with E-state index in [0.717, 1.165) is 10.6 Å². The van der Waals surface area contributed by atoms with Crippen LogP contribution < -0.4 is 0 Å². The zero-order valence-electron chi connectivity index (χ0n) is 11.7. The molecule has 1 unspecified atom stereocenters. The second kappa shape index (κ2) is 5.68. The molecule has 0 aliphatic carbocycles. The van der Waals surface area contributed by atoms with E-state index in [4.69, 9.17) is 11.6 Å². The second-order valence-corrected chi connectivity index (χ2v) is 6.49. The van der Waals surface area contributed by atoms with Gasteiger partial charge in [-0.2, -0.15) is 0 Å². The lowest BCUT2D eigenvalue weighted by atomic mass is 9.98. The van der Waals surface area contributed by atoms with Gasteiger partial charge in [0.25, 0.3) is 0 Å². The van der Waals surface area contributed by atoms with E-state index in [1.54, 1.807) is 0 Å². The lowest BCUT2D eigenvalue weighted by Crippen LogP contribution is -1.97. The van der Waals surface area contributed by atoms with Gasteiger partial charge in [-0.05, 0) is 67.1 Å². The molecular weight excluding hydrogens is 320 g/mol. The first-order chi connectivity index (χ1) is 8.90. The Hall–Kier alpha value is -0.790. The van der Waals surface area contributed by atoms with Crippen molar-refractivity contribution in [3.05, 3.63) is 68.7 Å². The topological polar surface area (TPSA) is 0 Å². The fraction of sp³-hybridized carbons (Fsp3) is 0.294. The molecule has 1 atom stereocenters. The number of rotatable bonds is 2. The maximum atomic E-state index is 6.39. The van der Waals surface area contributed by atoms with E-state index in [2.05, 4.69) is 67.9 Å². The Morgan fingerprint density at radius 3 is 2.05 bits per heavy atom. The summed E-state index contributed by atoms with van der Waals surface area (Å²) in [6.45, 7) is 8.48. The van der Waals surface area contributed by atoms with Gasteiger partial charge in [0.1, 0.15) is 0 Å². The van der Waals surface area contributed by atoms with Crippen molar-refractivity contribution < 1.29 is 0 Å². The van der Waals surface area contributed by atoms with Crippen LogP contribution in [0.3, 0.4) is 0 Å². The van der Waals surface area contributed by atoms with Crippen LogP contribution in [0, 0.1) is 27.7 Å². The van der Waals surface area contributed by atoms with Crippen molar-refractivity contribution >= 4 is 27.5 Å². The third kappa shape index (κ3) is 3.04. The average Bonchev–Trinajstić information content (AvgIpc) is 2.36. The Morgan fingerprint density at radius 2 is 1.42 bits per heavy atom. The van der Waals surface area contributed by atoms with Gasteiger partial charge in [-0.15, -0.1) is 0 Å². The average molecular weight is 338 g/mol. The molecule has 0 radical (unpaired) electrons. The van der Waals surface area contributed by atoms with Crippen LogP contribution in [-0.2, 0) is 0 Å². The van der Waals surface area contributed by atoms with Gasteiger partial charge in [0.2, 0.25) is 0 Å². The van der Waals surface area contributed by atoms with Crippen LogP contribution in [0.15, 0.2) is 30.3 Å². The van der Waals surface area contributed by atoms with Gasteiger partial charge in [-0.25, -0.2) is 0 Å². The van der Waals surface area contributed by atoms with Gasteiger partial charge >= 0.3 is 0 Å². The molecule has 2 rings (SSSR count). The maximum absolute atomic E-state index is 6.39. The predicted molar refractivity (Wildman–Crippen MR) is 87.6 cm³/mol. The fourth-order valence-electron chi connectivity index (χ4n) is 2.10. The van der Waals surface area contributed by atoms with E-state index in [9.17, 15) is 0 Å². The van der Waals surface area contributed by atoms with Gasteiger partial charge in [0.05, 0.1) is 4.83 Å². The van der Waals surface area contributed by atoms with Crippen molar-refractivity contribution in [2.45, 2.75) is 32.5 Å². The van der Waals surface area contributed by atoms with Crippen LogP contribution in [0.2, 0.25) is 5.02 Å². The summed E-state index contributed by atoms with van der Waals surface area (Å²) >= 11 is 10.2. The van der Waals surface area contributed by atoms with Gasteiger partial charge in [-0.1, -0.05) is 51.8 Å². The Labute approximate surface area is 128 Å². The van der Waals surface area contributed by atoms with Gasteiger partial charge in [0, 0.05) is 5.02 Å². The molecule has 100 valence electrons. The van der Waals surface area contributed by atoms with Crippen molar-refractivity contribution in [2.75, 3.05) is 0 Å². The number of aryl methyl sites for hydroxylation is 4. The first-order valence-electron chi connectivity index (χ1n) is 6.38. The summed E-state index contributed by atoms with van der Waals surface area (Å²) in [7, 11) is 0. The summed E-state index contributed by atoms with van der Waals surface area (Å²) in [4.78, 5) is 0.138. The molecule has 0 aliphatic rings. The summed E-state index contributed by atoms with van der Waals surface area (Å²) < 4.78 is 0. The van der Waals surface area contributed by atoms with Crippen LogP contribution in [0.1, 0.15) is 38.2 Å². The smallest absolute Gasteiger partial charge is 0.0659 e. The zero-order valence-corrected chi connectivity index (χ0v) is 14.1.